The van der Waals surface area contributed by atoms with Crippen LogP contribution in [0.4, 0.5) is 0 Å². The van der Waals surface area contributed by atoms with Crippen LogP contribution in [0.1, 0.15) is 45.4 Å². The topological polar surface area (TPSA) is 78.3 Å². The number of carbonyl (C=O) groups excluding carboxylic acids is 1. The van der Waals surface area contributed by atoms with Gasteiger partial charge in [-0.25, -0.2) is 0 Å². The van der Waals surface area contributed by atoms with Crippen LogP contribution >= 0.6 is 0 Å². The van der Waals surface area contributed by atoms with E-state index in [1.165, 1.54) is 12.8 Å². The Morgan fingerprint density at radius 1 is 1.33 bits per heavy atom. The van der Waals surface area contributed by atoms with E-state index in [-0.39, 0.29) is 5.60 Å². The molecule has 4 nitrogen and oxygen atoms in total. The molecule has 1 saturated carbocycles. The molecular weight excluding hydrogens is 192 g/mol. The van der Waals surface area contributed by atoms with Crippen LogP contribution in [0.15, 0.2) is 0 Å². The van der Waals surface area contributed by atoms with Crippen molar-refractivity contribution in [2.24, 2.45) is 11.5 Å². The van der Waals surface area contributed by atoms with Crippen LogP contribution in [-0.2, 0) is 9.53 Å². The number of primary amides is 1. The first-order valence-electron chi connectivity index (χ1n) is 5.77. The first-order chi connectivity index (χ1) is 7.09. The second-order valence-corrected chi connectivity index (χ2v) is 4.46. The minimum Gasteiger partial charge on any atom is -0.367 e. The molecule has 88 valence electrons. The third-order valence-electron chi connectivity index (χ3n) is 3.21. The van der Waals surface area contributed by atoms with Crippen LogP contribution in [0.2, 0.25) is 0 Å². The molecule has 1 rings (SSSR count). The molecule has 0 bridgehead atoms. The van der Waals surface area contributed by atoms with E-state index in [1.54, 1.807) is 6.92 Å². The second kappa shape index (κ2) is 5.47. The summed E-state index contributed by atoms with van der Waals surface area (Å²) in [6.45, 7) is 2.18. The third-order valence-corrected chi connectivity index (χ3v) is 3.21. The van der Waals surface area contributed by atoms with Crippen LogP contribution in [0, 0.1) is 0 Å². The first-order valence-corrected chi connectivity index (χ1v) is 5.77. The minimum absolute atomic E-state index is 0.315. The Labute approximate surface area is 91.3 Å². The predicted molar refractivity (Wildman–Crippen MR) is 59.2 cm³/mol. The molecule has 1 aliphatic carbocycles. The van der Waals surface area contributed by atoms with Gasteiger partial charge in [-0.15, -0.1) is 0 Å². The largest absolute Gasteiger partial charge is 0.367 e. The number of amides is 1. The average molecular weight is 214 g/mol. The van der Waals surface area contributed by atoms with Gasteiger partial charge in [-0.1, -0.05) is 25.7 Å². The molecule has 0 aliphatic heterocycles. The van der Waals surface area contributed by atoms with Crippen molar-refractivity contribution in [2.45, 2.75) is 57.2 Å². The van der Waals surface area contributed by atoms with E-state index in [2.05, 4.69) is 0 Å². The van der Waals surface area contributed by atoms with Crippen molar-refractivity contribution in [1.29, 1.82) is 0 Å². The fraction of sp³-hybridized carbons (Fsp3) is 0.909. The Bertz CT molecular complexity index is 211. The van der Waals surface area contributed by atoms with Crippen molar-refractivity contribution in [3.8, 4) is 0 Å². The summed E-state index contributed by atoms with van der Waals surface area (Å²) in [6, 6.07) is 0. The van der Waals surface area contributed by atoms with Crippen molar-refractivity contribution in [3.05, 3.63) is 0 Å². The molecule has 0 aromatic heterocycles. The highest BCUT2D eigenvalue weighted by Gasteiger charge is 2.33. The van der Waals surface area contributed by atoms with Crippen LogP contribution in [0.25, 0.3) is 0 Å². The summed E-state index contributed by atoms with van der Waals surface area (Å²) in [5, 5.41) is 0. The molecule has 1 amide bonds. The molecule has 4 N–H and O–H groups in total. The van der Waals surface area contributed by atoms with Crippen LogP contribution in [-0.4, -0.2) is 24.2 Å². The van der Waals surface area contributed by atoms with Gasteiger partial charge in [0.05, 0.1) is 5.60 Å². The van der Waals surface area contributed by atoms with E-state index < -0.39 is 12.0 Å². The minimum atomic E-state index is -0.536. The van der Waals surface area contributed by atoms with Gasteiger partial charge < -0.3 is 16.2 Å². The zero-order valence-corrected chi connectivity index (χ0v) is 9.50. The SMILES string of the molecule is CC(OC1(CN)CCCCCC1)C(N)=O. The Morgan fingerprint density at radius 3 is 2.27 bits per heavy atom. The second-order valence-electron chi connectivity index (χ2n) is 4.46. The first kappa shape index (κ1) is 12.5. The molecule has 1 atom stereocenters. The van der Waals surface area contributed by atoms with Gasteiger partial charge >= 0.3 is 0 Å². The number of hydrogen-bond donors (Lipinski definition) is 2. The van der Waals surface area contributed by atoms with Crippen molar-refractivity contribution >= 4 is 5.91 Å². The highest BCUT2D eigenvalue weighted by atomic mass is 16.5. The van der Waals surface area contributed by atoms with E-state index in [1.807, 2.05) is 0 Å². The molecule has 0 heterocycles. The molecule has 1 aliphatic rings. The van der Waals surface area contributed by atoms with Crippen molar-refractivity contribution in [3.63, 3.8) is 0 Å². The molecule has 4 heteroatoms. The summed E-state index contributed by atoms with van der Waals surface area (Å²) >= 11 is 0. The van der Waals surface area contributed by atoms with Gasteiger partial charge in [0, 0.05) is 6.54 Å². The van der Waals surface area contributed by atoms with E-state index in [0.717, 1.165) is 25.7 Å². The van der Waals surface area contributed by atoms with Gasteiger partial charge in [0.1, 0.15) is 6.10 Å². The van der Waals surface area contributed by atoms with Gasteiger partial charge in [-0.05, 0) is 19.8 Å². The summed E-state index contributed by atoms with van der Waals surface area (Å²) in [7, 11) is 0. The van der Waals surface area contributed by atoms with Crippen LogP contribution in [0.3, 0.4) is 0 Å². The van der Waals surface area contributed by atoms with E-state index >= 15 is 0 Å². The highest BCUT2D eigenvalue weighted by molar-refractivity contribution is 5.78. The van der Waals surface area contributed by atoms with E-state index in [0.29, 0.717) is 6.54 Å². The number of carbonyl (C=O) groups is 1. The standard InChI is InChI=1S/C11H22N2O2/c1-9(10(13)14)15-11(8-12)6-4-2-3-5-7-11/h9H,2-8,12H2,1H3,(H2,13,14). The lowest BCUT2D eigenvalue weighted by Crippen LogP contribution is -2.45. The van der Waals surface area contributed by atoms with Gasteiger partial charge in [0.15, 0.2) is 0 Å². The quantitative estimate of drug-likeness (QED) is 0.683. The zero-order chi connectivity index (χ0) is 11.3. The lowest BCUT2D eigenvalue weighted by atomic mass is 9.94. The maximum Gasteiger partial charge on any atom is 0.246 e. The van der Waals surface area contributed by atoms with Crippen LogP contribution < -0.4 is 11.5 Å². The van der Waals surface area contributed by atoms with Crippen molar-refractivity contribution in [1.82, 2.24) is 0 Å². The van der Waals surface area contributed by atoms with Gasteiger partial charge in [0.25, 0.3) is 0 Å². The zero-order valence-electron chi connectivity index (χ0n) is 9.50. The average Bonchev–Trinajstić information content (AvgIpc) is 2.44. The number of rotatable bonds is 4. The monoisotopic (exact) mass is 214 g/mol. The summed E-state index contributed by atoms with van der Waals surface area (Å²) in [5.41, 5.74) is 10.7. The lowest BCUT2D eigenvalue weighted by molar-refractivity contribution is -0.143. The molecule has 0 aromatic carbocycles. The van der Waals surface area contributed by atoms with Gasteiger partial charge in [0.2, 0.25) is 5.91 Å². The number of ether oxygens (including phenoxy) is 1. The smallest absolute Gasteiger partial charge is 0.246 e. The molecule has 1 unspecified atom stereocenters. The van der Waals surface area contributed by atoms with Gasteiger partial charge in [-0.3, -0.25) is 4.79 Å². The molecule has 0 aromatic rings. The molecular formula is C11H22N2O2. The number of hydrogen-bond acceptors (Lipinski definition) is 3. The fourth-order valence-electron chi connectivity index (χ4n) is 2.18. The molecule has 0 radical (unpaired) electrons. The summed E-state index contributed by atoms with van der Waals surface area (Å²) < 4.78 is 5.77. The normalized spacial score (nSPS) is 23.1. The molecule has 0 saturated heterocycles. The third kappa shape index (κ3) is 3.47. The summed E-state index contributed by atoms with van der Waals surface area (Å²) in [6.07, 6.45) is 6.08. The summed E-state index contributed by atoms with van der Waals surface area (Å²) in [5.74, 6) is -0.410. The molecule has 15 heavy (non-hydrogen) atoms. The van der Waals surface area contributed by atoms with E-state index in [4.69, 9.17) is 16.2 Å². The fourth-order valence-corrected chi connectivity index (χ4v) is 2.18. The number of nitrogens with two attached hydrogens (primary N) is 2. The molecule has 1 fully saturated rings. The Hall–Kier alpha value is -0.610. The van der Waals surface area contributed by atoms with Crippen LogP contribution in [0.5, 0.6) is 0 Å². The van der Waals surface area contributed by atoms with Crippen molar-refractivity contribution in [2.75, 3.05) is 6.54 Å². The Balaban J connectivity index is 2.61. The Kier molecular flexibility index (Phi) is 4.54. The Morgan fingerprint density at radius 2 is 1.87 bits per heavy atom. The predicted octanol–water partition coefficient (Wildman–Crippen LogP) is 0.928. The van der Waals surface area contributed by atoms with E-state index in [9.17, 15) is 4.79 Å². The maximum absolute atomic E-state index is 11.0. The lowest BCUT2D eigenvalue weighted by Gasteiger charge is -2.33. The highest BCUT2D eigenvalue weighted by Crippen LogP contribution is 2.30. The van der Waals surface area contributed by atoms with Crippen molar-refractivity contribution < 1.29 is 9.53 Å². The summed E-state index contributed by atoms with van der Waals surface area (Å²) in [4.78, 5) is 11.0. The maximum atomic E-state index is 11.0. The van der Waals surface area contributed by atoms with Gasteiger partial charge in [-0.2, -0.15) is 0 Å². The molecule has 0 spiro atoms.